The third-order valence-corrected chi connectivity index (χ3v) is 2.22. The Hall–Kier alpha value is -2.09. The lowest BCUT2D eigenvalue weighted by Gasteiger charge is -2.10. The summed E-state index contributed by atoms with van der Waals surface area (Å²) in [6, 6.07) is 5.42. The summed E-state index contributed by atoms with van der Waals surface area (Å²) in [6.45, 7) is 0.608. The van der Waals surface area contributed by atoms with Crippen LogP contribution in [0.15, 0.2) is 18.3 Å². The van der Waals surface area contributed by atoms with E-state index < -0.39 is 0 Å². The Morgan fingerprint density at radius 3 is 3.20 bits per heavy atom. The molecule has 1 unspecified atom stereocenters. The van der Waals surface area contributed by atoms with Gasteiger partial charge in [-0.25, -0.2) is 4.98 Å². The number of aromatic nitrogens is 1. The third-order valence-electron chi connectivity index (χ3n) is 2.22. The Balaban J connectivity index is 2.05. The predicted octanol–water partition coefficient (Wildman–Crippen LogP) is 0.254. The minimum Gasteiger partial charge on any atom is -0.365 e. The quantitative estimate of drug-likeness (QED) is 0.720. The third kappa shape index (κ3) is 2.23. The van der Waals surface area contributed by atoms with Crippen molar-refractivity contribution in [2.75, 3.05) is 11.9 Å². The normalized spacial score (nSPS) is 19.4. The fraction of sp³-hybridized carbons (Fsp3) is 0.300. The number of nitriles is 1. The number of carbonyl (C=O) groups excluding carboxylic acids is 1. The summed E-state index contributed by atoms with van der Waals surface area (Å²) >= 11 is 0. The highest BCUT2D eigenvalue weighted by molar-refractivity contribution is 5.79. The van der Waals surface area contributed by atoms with Crippen LogP contribution in [0.2, 0.25) is 0 Å². The summed E-state index contributed by atoms with van der Waals surface area (Å²) < 4.78 is 0. The fourth-order valence-electron chi connectivity index (χ4n) is 1.50. The van der Waals surface area contributed by atoms with Gasteiger partial charge in [-0.05, 0) is 12.1 Å². The van der Waals surface area contributed by atoms with Gasteiger partial charge in [0, 0.05) is 19.2 Å². The number of rotatable bonds is 2. The first-order valence-electron chi connectivity index (χ1n) is 4.67. The van der Waals surface area contributed by atoms with Crippen LogP contribution in [0.3, 0.4) is 0 Å². The van der Waals surface area contributed by atoms with Crippen molar-refractivity contribution in [2.24, 2.45) is 0 Å². The lowest BCUT2D eigenvalue weighted by molar-refractivity contribution is -0.119. The molecule has 0 radical (unpaired) electrons. The average Bonchev–Trinajstić information content (AvgIpc) is 2.64. The van der Waals surface area contributed by atoms with Crippen LogP contribution < -0.4 is 10.6 Å². The molecule has 1 saturated heterocycles. The first-order chi connectivity index (χ1) is 7.28. The van der Waals surface area contributed by atoms with Gasteiger partial charge in [0.2, 0.25) is 5.91 Å². The van der Waals surface area contributed by atoms with Gasteiger partial charge >= 0.3 is 0 Å². The van der Waals surface area contributed by atoms with Crippen LogP contribution in [0.1, 0.15) is 12.0 Å². The van der Waals surface area contributed by atoms with Crippen LogP contribution in [-0.2, 0) is 4.79 Å². The lowest BCUT2D eigenvalue weighted by atomic mass is 10.2. The van der Waals surface area contributed by atoms with E-state index in [9.17, 15) is 4.79 Å². The molecule has 1 atom stereocenters. The number of hydrogen-bond acceptors (Lipinski definition) is 4. The highest BCUT2D eigenvalue weighted by Gasteiger charge is 2.21. The molecule has 1 fully saturated rings. The van der Waals surface area contributed by atoms with E-state index in [1.807, 2.05) is 6.07 Å². The van der Waals surface area contributed by atoms with Crippen LogP contribution in [0.5, 0.6) is 0 Å². The molecule has 1 aromatic heterocycles. The number of nitrogens with one attached hydrogen (secondary N) is 2. The van der Waals surface area contributed by atoms with Crippen molar-refractivity contribution in [1.82, 2.24) is 10.3 Å². The second kappa shape index (κ2) is 3.96. The smallest absolute Gasteiger partial charge is 0.222 e. The zero-order valence-electron chi connectivity index (χ0n) is 8.03. The summed E-state index contributed by atoms with van der Waals surface area (Å²) in [6.07, 6.45) is 2.03. The van der Waals surface area contributed by atoms with Gasteiger partial charge in [-0.3, -0.25) is 4.79 Å². The number of carbonyl (C=O) groups is 1. The van der Waals surface area contributed by atoms with Crippen LogP contribution in [-0.4, -0.2) is 23.5 Å². The Morgan fingerprint density at radius 2 is 2.53 bits per heavy atom. The highest BCUT2D eigenvalue weighted by atomic mass is 16.1. The van der Waals surface area contributed by atoms with E-state index >= 15 is 0 Å². The molecule has 76 valence electrons. The molecule has 0 spiro atoms. The maximum atomic E-state index is 10.9. The Labute approximate surface area is 87.1 Å². The minimum atomic E-state index is 0.0453. The molecule has 2 rings (SSSR count). The fourth-order valence-corrected chi connectivity index (χ4v) is 1.50. The van der Waals surface area contributed by atoms with Gasteiger partial charge in [-0.1, -0.05) is 0 Å². The molecule has 0 bridgehead atoms. The number of pyridine rings is 1. The molecular formula is C10H10N4O. The molecule has 1 aliphatic heterocycles. The number of amides is 1. The van der Waals surface area contributed by atoms with Gasteiger partial charge in [0.15, 0.2) is 0 Å². The van der Waals surface area contributed by atoms with Crippen LogP contribution in [0.4, 0.5) is 5.82 Å². The second-order valence-corrected chi connectivity index (χ2v) is 3.39. The van der Waals surface area contributed by atoms with E-state index in [1.165, 1.54) is 0 Å². The molecule has 0 aromatic carbocycles. The monoisotopic (exact) mass is 202 g/mol. The summed E-state index contributed by atoms with van der Waals surface area (Å²) in [5, 5.41) is 14.5. The molecule has 15 heavy (non-hydrogen) atoms. The predicted molar refractivity (Wildman–Crippen MR) is 54.0 cm³/mol. The maximum Gasteiger partial charge on any atom is 0.222 e. The molecule has 1 aromatic rings. The number of hydrogen-bond donors (Lipinski definition) is 2. The van der Waals surface area contributed by atoms with Crippen molar-refractivity contribution >= 4 is 11.7 Å². The molecule has 5 nitrogen and oxygen atoms in total. The van der Waals surface area contributed by atoms with Crippen LogP contribution >= 0.6 is 0 Å². The van der Waals surface area contributed by atoms with Crippen molar-refractivity contribution in [3.05, 3.63) is 23.9 Å². The maximum absolute atomic E-state index is 10.9. The Bertz CT molecular complexity index is 424. The average molecular weight is 202 g/mol. The van der Waals surface area contributed by atoms with Crippen molar-refractivity contribution in [3.8, 4) is 6.07 Å². The van der Waals surface area contributed by atoms with E-state index in [1.54, 1.807) is 18.3 Å². The van der Waals surface area contributed by atoms with Gasteiger partial charge in [0.05, 0.1) is 17.7 Å². The molecule has 5 heteroatoms. The number of anilines is 1. The molecule has 2 N–H and O–H groups in total. The van der Waals surface area contributed by atoms with E-state index in [-0.39, 0.29) is 11.9 Å². The minimum absolute atomic E-state index is 0.0453. The molecule has 1 amide bonds. The van der Waals surface area contributed by atoms with E-state index in [2.05, 4.69) is 15.6 Å². The molecule has 0 saturated carbocycles. The summed E-state index contributed by atoms with van der Waals surface area (Å²) in [4.78, 5) is 15.0. The largest absolute Gasteiger partial charge is 0.365 e. The Kier molecular flexibility index (Phi) is 2.50. The molecular weight excluding hydrogens is 192 g/mol. The van der Waals surface area contributed by atoms with Gasteiger partial charge in [0.1, 0.15) is 5.82 Å². The van der Waals surface area contributed by atoms with E-state index in [0.29, 0.717) is 24.3 Å². The van der Waals surface area contributed by atoms with Gasteiger partial charge in [-0.15, -0.1) is 0 Å². The van der Waals surface area contributed by atoms with Gasteiger partial charge in [-0.2, -0.15) is 5.26 Å². The van der Waals surface area contributed by atoms with Crippen LogP contribution in [0.25, 0.3) is 0 Å². The molecule has 2 heterocycles. The zero-order chi connectivity index (χ0) is 10.7. The summed E-state index contributed by atoms with van der Waals surface area (Å²) in [5.41, 5.74) is 0.560. The van der Waals surface area contributed by atoms with E-state index in [0.717, 1.165) is 0 Å². The first kappa shape index (κ1) is 9.46. The first-order valence-corrected chi connectivity index (χ1v) is 4.67. The van der Waals surface area contributed by atoms with Crippen molar-refractivity contribution in [2.45, 2.75) is 12.5 Å². The Morgan fingerprint density at radius 1 is 1.67 bits per heavy atom. The van der Waals surface area contributed by atoms with Gasteiger partial charge in [0.25, 0.3) is 0 Å². The van der Waals surface area contributed by atoms with Crippen molar-refractivity contribution < 1.29 is 4.79 Å². The lowest BCUT2D eigenvalue weighted by Crippen LogP contribution is -2.22. The standard InChI is InChI=1S/C10H10N4O/c11-5-7-1-2-12-9(3-7)14-8-4-10(15)13-6-8/h1-3,8H,4,6H2,(H,12,14)(H,13,15). The van der Waals surface area contributed by atoms with Crippen LogP contribution in [0, 0.1) is 11.3 Å². The summed E-state index contributed by atoms with van der Waals surface area (Å²) in [5.74, 6) is 0.680. The summed E-state index contributed by atoms with van der Waals surface area (Å²) in [7, 11) is 0. The van der Waals surface area contributed by atoms with E-state index in [4.69, 9.17) is 5.26 Å². The zero-order valence-corrected chi connectivity index (χ0v) is 8.03. The number of nitrogens with zero attached hydrogens (tertiary/aromatic N) is 2. The topological polar surface area (TPSA) is 77.8 Å². The van der Waals surface area contributed by atoms with Crippen molar-refractivity contribution in [1.29, 1.82) is 5.26 Å². The highest BCUT2D eigenvalue weighted by Crippen LogP contribution is 2.10. The van der Waals surface area contributed by atoms with Gasteiger partial charge < -0.3 is 10.6 Å². The second-order valence-electron chi connectivity index (χ2n) is 3.39. The molecule has 1 aliphatic rings. The van der Waals surface area contributed by atoms with Crippen molar-refractivity contribution in [3.63, 3.8) is 0 Å². The molecule has 0 aliphatic carbocycles. The SMILES string of the molecule is N#Cc1ccnc(NC2CNC(=O)C2)c1.